The van der Waals surface area contributed by atoms with Crippen LogP contribution in [0.4, 0.5) is 0 Å². The third kappa shape index (κ3) is 4.93. The molecule has 0 saturated carbocycles. The fourth-order valence-corrected chi connectivity index (χ4v) is 7.97. The van der Waals surface area contributed by atoms with Crippen molar-refractivity contribution in [2.45, 2.75) is 63.4 Å². The zero-order valence-electron chi connectivity index (χ0n) is 23.1. The lowest BCUT2D eigenvalue weighted by atomic mass is 9.74. The average Bonchev–Trinajstić information content (AvgIpc) is 2.87. The predicted molar refractivity (Wildman–Crippen MR) is 152 cm³/mol. The molecule has 2 aliphatic heterocycles. The van der Waals surface area contributed by atoms with Crippen molar-refractivity contribution in [3.05, 3.63) is 82.7 Å². The van der Waals surface area contributed by atoms with Gasteiger partial charge in [0, 0.05) is 43.9 Å². The largest absolute Gasteiger partial charge is 0.383 e. The Morgan fingerprint density at radius 2 is 1.68 bits per heavy atom. The summed E-state index contributed by atoms with van der Waals surface area (Å²) in [6.45, 7) is 10.6. The first-order valence-electron chi connectivity index (χ1n) is 13.6. The number of aryl methyl sites for hydroxylation is 3. The van der Waals surface area contributed by atoms with E-state index in [4.69, 9.17) is 4.74 Å². The summed E-state index contributed by atoms with van der Waals surface area (Å²) in [7, 11) is -1.89. The fourth-order valence-electron chi connectivity index (χ4n) is 6.31. The van der Waals surface area contributed by atoms with Crippen molar-refractivity contribution in [2.75, 3.05) is 33.4 Å². The molecule has 0 bridgehead atoms. The minimum absolute atomic E-state index is 0.107. The lowest BCUT2D eigenvalue weighted by Gasteiger charge is -2.57. The number of fused-ring (bicyclic) bond motifs is 1. The van der Waals surface area contributed by atoms with Crippen LogP contribution in [0.2, 0.25) is 0 Å². The Morgan fingerprint density at radius 3 is 2.39 bits per heavy atom. The van der Waals surface area contributed by atoms with Crippen molar-refractivity contribution in [1.29, 1.82) is 0 Å². The van der Waals surface area contributed by atoms with Crippen LogP contribution < -0.4 is 0 Å². The van der Waals surface area contributed by atoms with Gasteiger partial charge in [-0.3, -0.25) is 9.88 Å². The Balaban J connectivity index is 1.46. The third-order valence-corrected chi connectivity index (χ3v) is 10.5. The number of methoxy groups -OCH3 is 1. The van der Waals surface area contributed by atoms with E-state index in [1.807, 2.05) is 6.92 Å². The van der Waals surface area contributed by atoms with Crippen molar-refractivity contribution in [2.24, 2.45) is 0 Å². The summed E-state index contributed by atoms with van der Waals surface area (Å²) >= 11 is 0. The molecular weight excluding hydrogens is 494 g/mol. The standard InChI is InChI=1S/C31H39N3O3S/c1-21-9-8-10-27(23(21)3)25-12-14-26(15-13-25)31-28-19-33(17-6-7-18-34(28)29(31)20-37-5)38(35,36)30-16-11-22(2)32-24(30)4/h8-16,28-29,31H,6-7,17-20H2,1-5H3/t28?,29-,31+/m1/s1. The highest BCUT2D eigenvalue weighted by molar-refractivity contribution is 7.89. The van der Waals surface area contributed by atoms with Gasteiger partial charge in [0.25, 0.3) is 0 Å². The van der Waals surface area contributed by atoms with Crippen molar-refractivity contribution < 1.29 is 13.2 Å². The molecule has 2 fully saturated rings. The monoisotopic (exact) mass is 533 g/mol. The topological polar surface area (TPSA) is 62.7 Å². The van der Waals surface area contributed by atoms with Gasteiger partial charge in [-0.25, -0.2) is 8.42 Å². The summed E-state index contributed by atoms with van der Waals surface area (Å²) in [5.41, 5.74) is 7.68. The van der Waals surface area contributed by atoms with E-state index < -0.39 is 10.0 Å². The smallest absolute Gasteiger partial charge is 0.244 e. The summed E-state index contributed by atoms with van der Waals surface area (Å²) in [4.78, 5) is 7.22. The van der Waals surface area contributed by atoms with Crippen LogP contribution in [0.15, 0.2) is 59.5 Å². The molecule has 3 atom stereocenters. The third-order valence-electron chi connectivity index (χ3n) is 8.49. The molecule has 2 aliphatic rings. The highest BCUT2D eigenvalue weighted by Crippen LogP contribution is 2.43. The van der Waals surface area contributed by atoms with E-state index in [-0.39, 0.29) is 18.0 Å². The number of hydrogen-bond acceptors (Lipinski definition) is 5. The van der Waals surface area contributed by atoms with E-state index in [0.29, 0.717) is 30.3 Å². The maximum absolute atomic E-state index is 13.8. The highest BCUT2D eigenvalue weighted by Gasteiger charge is 2.50. The van der Waals surface area contributed by atoms with Crippen molar-refractivity contribution in [3.8, 4) is 11.1 Å². The molecule has 2 aromatic carbocycles. The van der Waals surface area contributed by atoms with E-state index in [0.717, 1.165) is 25.1 Å². The summed E-state index contributed by atoms with van der Waals surface area (Å²) in [6.07, 6.45) is 1.81. The Labute approximate surface area is 227 Å². The SMILES string of the molecule is COC[C@@H]1[C@@H](c2ccc(-c3cccc(C)c3C)cc2)C2CN(S(=O)(=O)c3ccc(C)nc3C)CCCCN21. The number of ether oxygens (including phenoxy) is 1. The molecule has 0 aliphatic carbocycles. The van der Waals surface area contributed by atoms with Gasteiger partial charge in [0.15, 0.2) is 0 Å². The van der Waals surface area contributed by atoms with Crippen LogP contribution >= 0.6 is 0 Å². The van der Waals surface area contributed by atoms with E-state index in [1.165, 1.54) is 27.8 Å². The minimum Gasteiger partial charge on any atom is -0.383 e. The fraction of sp³-hybridized carbons (Fsp3) is 0.452. The quantitative estimate of drug-likeness (QED) is 0.433. The van der Waals surface area contributed by atoms with Crippen molar-refractivity contribution in [1.82, 2.24) is 14.2 Å². The van der Waals surface area contributed by atoms with E-state index in [1.54, 1.807) is 30.5 Å². The van der Waals surface area contributed by atoms with Crippen LogP contribution in [0.25, 0.3) is 11.1 Å². The number of pyridine rings is 1. The molecule has 202 valence electrons. The molecule has 0 spiro atoms. The summed E-state index contributed by atoms with van der Waals surface area (Å²) in [5, 5.41) is 0. The van der Waals surface area contributed by atoms with Gasteiger partial charge < -0.3 is 4.74 Å². The predicted octanol–water partition coefficient (Wildman–Crippen LogP) is 5.25. The van der Waals surface area contributed by atoms with Crippen molar-refractivity contribution >= 4 is 10.0 Å². The molecule has 38 heavy (non-hydrogen) atoms. The van der Waals surface area contributed by atoms with Crippen LogP contribution in [0.1, 0.15) is 46.8 Å². The van der Waals surface area contributed by atoms with Crippen LogP contribution in [0, 0.1) is 27.7 Å². The number of benzene rings is 2. The Hall–Kier alpha value is -2.58. The van der Waals surface area contributed by atoms with E-state index in [2.05, 4.69) is 66.2 Å². The lowest BCUT2D eigenvalue weighted by molar-refractivity contribution is -0.0635. The zero-order chi connectivity index (χ0) is 27.0. The number of aromatic nitrogens is 1. The molecule has 6 nitrogen and oxygen atoms in total. The highest BCUT2D eigenvalue weighted by atomic mass is 32.2. The number of nitrogens with zero attached hydrogens (tertiary/aromatic N) is 3. The van der Waals surface area contributed by atoms with Crippen LogP contribution in [-0.2, 0) is 14.8 Å². The molecular formula is C31H39N3O3S. The normalized spacial score (nSPS) is 22.8. The second-order valence-corrected chi connectivity index (χ2v) is 12.7. The van der Waals surface area contributed by atoms with Crippen LogP contribution in [0.3, 0.4) is 0 Å². The maximum atomic E-state index is 13.8. The number of rotatable bonds is 6. The first-order valence-corrected chi connectivity index (χ1v) is 15.0. The summed E-state index contributed by atoms with van der Waals surface area (Å²) in [5.74, 6) is 0.204. The molecule has 0 radical (unpaired) electrons. The van der Waals surface area contributed by atoms with Gasteiger partial charge >= 0.3 is 0 Å². The Morgan fingerprint density at radius 1 is 0.947 bits per heavy atom. The Bertz CT molecular complexity index is 1400. The van der Waals surface area contributed by atoms with Gasteiger partial charge in [-0.05, 0) is 87.0 Å². The molecule has 7 heteroatoms. The van der Waals surface area contributed by atoms with E-state index in [9.17, 15) is 8.42 Å². The first kappa shape index (κ1) is 27.0. The Kier molecular flexibility index (Phi) is 7.74. The van der Waals surface area contributed by atoms with Gasteiger partial charge in [-0.1, -0.05) is 42.5 Å². The minimum atomic E-state index is -3.65. The summed E-state index contributed by atoms with van der Waals surface area (Å²) < 4.78 is 35.0. The van der Waals surface area contributed by atoms with Crippen LogP contribution in [0.5, 0.6) is 0 Å². The van der Waals surface area contributed by atoms with Gasteiger partial charge in [-0.15, -0.1) is 0 Å². The van der Waals surface area contributed by atoms with Crippen LogP contribution in [-0.4, -0.2) is 68.0 Å². The lowest BCUT2D eigenvalue weighted by Crippen LogP contribution is -2.68. The second-order valence-electron chi connectivity index (χ2n) is 10.8. The van der Waals surface area contributed by atoms with Gasteiger partial charge in [0.1, 0.15) is 4.90 Å². The molecule has 1 unspecified atom stereocenters. The summed E-state index contributed by atoms with van der Waals surface area (Å²) in [6, 6.07) is 19.2. The molecule has 5 rings (SSSR count). The zero-order valence-corrected chi connectivity index (χ0v) is 24.0. The maximum Gasteiger partial charge on any atom is 0.244 e. The van der Waals surface area contributed by atoms with Crippen molar-refractivity contribution in [3.63, 3.8) is 0 Å². The molecule has 0 amide bonds. The average molecular weight is 534 g/mol. The van der Waals surface area contributed by atoms with E-state index >= 15 is 0 Å². The number of hydrogen-bond donors (Lipinski definition) is 0. The van der Waals surface area contributed by atoms with Gasteiger partial charge in [0.05, 0.1) is 12.3 Å². The number of sulfonamides is 1. The van der Waals surface area contributed by atoms with Gasteiger partial charge in [0.2, 0.25) is 10.0 Å². The molecule has 3 aromatic rings. The first-order chi connectivity index (χ1) is 18.2. The molecule has 1 aromatic heterocycles. The molecule has 0 N–H and O–H groups in total. The van der Waals surface area contributed by atoms with Gasteiger partial charge in [-0.2, -0.15) is 4.31 Å². The molecule has 2 saturated heterocycles. The molecule has 3 heterocycles. The second kappa shape index (κ2) is 10.9.